The summed E-state index contributed by atoms with van der Waals surface area (Å²) in [6.07, 6.45) is 6.48. The van der Waals surface area contributed by atoms with Crippen LogP contribution in [0.5, 0.6) is 0 Å². The smallest absolute Gasteiger partial charge is 0.267 e. The summed E-state index contributed by atoms with van der Waals surface area (Å²) in [5.41, 5.74) is 4.51. The van der Waals surface area contributed by atoms with Gasteiger partial charge >= 0.3 is 0 Å². The molecule has 1 N–H and O–H groups in total. The van der Waals surface area contributed by atoms with Gasteiger partial charge in [-0.3, -0.25) is 14.8 Å². The lowest BCUT2D eigenvalue weighted by molar-refractivity contribution is 0.0954. The van der Waals surface area contributed by atoms with Crippen molar-refractivity contribution in [1.82, 2.24) is 15.4 Å². The molecule has 0 aliphatic heterocycles. The quantitative estimate of drug-likeness (QED) is 0.655. The van der Waals surface area contributed by atoms with Crippen LogP contribution in [0.25, 0.3) is 0 Å². The highest BCUT2D eigenvalue weighted by atomic mass is 16.2. The Bertz CT molecular complexity index is 552. The molecule has 2 aromatic heterocycles. The van der Waals surface area contributed by atoms with Crippen LogP contribution in [-0.2, 0) is 0 Å². The van der Waals surface area contributed by atoms with Crippen LogP contribution in [0.15, 0.2) is 54.2 Å². The predicted octanol–water partition coefficient (Wildman–Crippen LogP) is 1.63. The Kier molecular flexibility index (Phi) is 3.76. The number of hydrogen-bond donors (Lipinski definition) is 1. The minimum absolute atomic E-state index is 0.286. The van der Waals surface area contributed by atoms with Crippen molar-refractivity contribution in [3.8, 4) is 0 Å². The second-order valence-electron chi connectivity index (χ2n) is 3.62. The van der Waals surface area contributed by atoms with E-state index in [0.29, 0.717) is 11.3 Å². The maximum atomic E-state index is 11.7. The van der Waals surface area contributed by atoms with Crippen molar-refractivity contribution in [3.05, 3.63) is 60.2 Å². The average Bonchev–Trinajstić information content (AvgIpc) is 2.46. The van der Waals surface area contributed by atoms with Gasteiger partial charge in [0.25, 0.3) is 5.91 Å². The fraction of sp³-hybridized carbons (Fsp3) is 0.0769. The molecular weight excluding hydrogens is 228 g/mol. The van der Waals surface area contributed by atoms with Gasteiger partial charge in [-0.05, 0) is 25.1 Å². The molecule has 5 heteroatoms. The van der Waals surface area contributed by atoms with E-state index in [0.717, 1.165) is 5.56 Å². The Labute approximate surface area is 105 Å². The Morgan fingerprint density at radius 3 is 2.28 bits per heavy atom. The zero-order valence-electron chi connectivity index (χ0n) is 9.87. The molecule has 0 fully saturated rings. The fourth-order valence-corrected chi connectivity index (χ4v) is 1.34. The van der Waals surface area contributed by atoms with Gasteiger partial charge in [-0.15, -0.1) is 0 Å². The summed E-state index contributed by atoms with van der Waals surface area (Å²) >= 11 is 0. The summed E-state index contributed by atoms with van der Waals surface area (Å²) in [6, 6.07) is 7.07. The number of aromatic nitrogens is 2. The van der Waals surface area contributed by atoms with Gasteiger partial charge < -0.3 is 0 Å². The van der Waals surface area contributed by atoms with Crippen molar-refractivity contribution in [1.29, 1.82) is 0 Å². The SMILES string of the molecule is CC(=NNC(=O)c1cccnc1)c1cccnc1. The van der Waals surface area contributed by atoms with Gasteiger partial charge in [-0.1, -0.05) is 6.07 Å². The molecule has 90 valence electrons. The number of hydrazone groups is 1. The molecule has 0 bridgehead atoms. The highest BCUT2D eigenvalue weighted by Crippen LogP contribution is 1.99. The third kappa shape index (κ3) is 2.98. The van der Waals surface area contributed by atoms with Crippen LogP contribution in [0.1, 0.15) is 22.8 Å². The lowest BCUT2D eigenvalue weighted by Crippen LogP contribution is -2.19. The number of pyridine rings is 2. The van der Waals surface area contributed by atoms with Gasteiger partial charge in [0, 0.05) is 30.4 Å². The maximum Gasteiger partial charge on any atom is 0.272 e. The summed E-state index contributed by atoms with van der Waals surface area (Å²) in [7, 11) is 0. The Morgan fingerprint density at radius 1 is 1.11 bits per heavy atom. The van der Waals surface area contributed by atoms with Crippen molar-refractivity contribution < 1.29 is 4.79 Å². The second-order valence-corrected chi connectivity index (χ2v) is 3.62. The predicted molar refractivity (Wildman–Crippen MR) is 68.2 cm³/mol. The highest BCUT2D eigenvalue weighted by molar-refractivity contribution is 6.00. The molecule has 2 aromatic rings. The first-order valence-corrected chi connectivity index (χ1v) is 5.42. The number of hydrogen-bond acceptors (Lipinski definition) is 4. The number of rotatable bonds is 3. The molecule has 2 rings (SSSR count). The van der Waals surface area contributed by atoms with E-state index < -0.39 is 0 Å². The number of carbonyl (C=O) groups is 1. The summed E-state index contributed by atoms with van der Waals surface area (Å²) < 4.78 is 0. The Morgan fingerprint density at radius 2 is 1.72 bits per heavy atom. The van der Waals surface area contributed by atoms with Gasteiger partial charge in [0.05, 0.1) is 11.3 Å². The van der Waals surface area contributed by atoms with Gasteiger partial charge in [0.1, 0.15) is 0 Å². The first-order chi connectivity index (χ1) is 8.77. The first kappa shape index (κ1) is 11.9. The van der Waals surface area contributed by atoms with Crippen LogP contribution in [0.4, 0.5) is 0 Å². The molecule has 0 aromatic carbocycles. The molecule has 0 aliphatic carbocycles. The van der Waals surface area contributed by atoms with Gasteiger partial charge in [-0.25, -0.2) is 5.43 Å². The monoisotopic (exact) mass is 240 g/mol. The van der Waals surface area contributed by atoms with E-state index in [1.807, 2.05) is 12.1 Å². The molecule has 0 saturated heterocycles. The van der Waals surface area contributed by atoms with E-state index in [4.69, 9.17) is 0 Å². The van der Waals surface area contributed by atoms with Crippen LogP contribution in [0.2, 0.25) is 0 Å². The number of nitrogens with zero attached hydrogens (tertiary/aromatic N) is 3. The van der Waals surface area contributed by atoms with E-state index in [9.17, 15) is 4.79 Å². The summed E-state index contributed by atoms with van der Waals surface area (Å²) in [5.74, 6) is -0.286. The number of amides is 1. The van der Waals surface area contributed by atoms with Crippen molar-refractivity contribution in [3.63, 3.8) is 0 Å². The van der Waals surface area contributed by atoms with Gasteiger partial charge in [0.15, 0.2) is 0 Å². The molecular formula is C13H12N4O. The molecule has 0 aliphatic rings. The normalized spacial score (nSPS) is 11.1. The zero-order chi connectivity index (χ0) is 12.8. The van der Waals surface area contributed by atoms with Crippen LogP contribution in [-0.4, -0.2) is 21.6 Å². The van der Waals surface area contributed by atoms with Gasteiger partial charge in [0.2, 0.25) is 0 Å². The van der Waals surface area contributed by atoms with Gasteiger partial charge in [-0.2, -0.15) is 5.10 Å². The molecule has 1 amide bonds. The van der Waals surface area contributed by atoms with E-state index in [1.54, 1.807) is 37.6 Å². The summed E-state index contributed by atoms with van der Waals surface area (Å²) in [6.45, 7) is 1.81. The largest absolute Gasteiger partial charge is 0.272 e. The van der Waals surface area contributed by atoms with Crippen molar-refractivity contribution in [2.24, 2.45) is 5.10 Å². The molecule has 0 atom stereocenters. The standard InChI is InChI=1S/C13H12N4O/c1-10(11-4-2-6-14-8-11)16-17-13(18)12-5-3-7-15-9-12/h2-9H,1H3,(H,17,18). The third-order valence-corrected chi connectivity index (χ3v) is 2.33. The lowest BCUT2D eigenvalue weighted by Gasteiger charge is -2.02. The molecule has 0 spiro atoms. The molecule has 2 heterocycles. The van der Waals surface area contributed by atoms with Crippen molar-refractivity contribution in [2.45, 2.75) is 6.92 Å². The second kappa shape index (κ2) is 5.67. The van der Waals surface area contributed by atoms with Crippen molar-refractivity contribution >= 4 is 11.6 Å². The minimum atomic E-state index is -0.286. The van der Waals surface area contributed by atoms with E-state index in [2.05, 4.69) is 20.5 Å². The molecule has 0 radical (unpaired) electrons. The van der Waals surface area contributed by atoms with E-state index in [1.165, 1.54) is 6.20 Å². The molecule has 18 heavy (non-hydrogen) atoms. The number of nitrogens with one attached hydrogen (secondary N) is 1. The van der Waals surface area contributed by atoms with Crippen LogP contribution < -0.4 is 5.43 Å². The maximum absolute atomic E-state index is 11.7. The zero-order valence-corrected chi connectivity index (χ0v) is 9.87. The van der Waals surface area contributed by atoms with Crippen LogP contribution in [0.3, 0.4) is 0 Å². The Hall–Kier alpha value is -2.56. The van der Waals surface area contributed by atoms with Crippen LogP contribution in [0, 0.1) is 0 Å². The fourth-order valence-electron chi connectivity index (χ4n) is 1.34. The molecule has 0 unspecified atom stereocenters. The highest BCUT2D eigenvalue weighted by Gasteiger charge is 2.04. The summed E-state index contributed by atoms with van der Waals surface area (Å²) in [4.78, 5) is 19.6. The van der Waals surface area contributed by atoms with E-state index >= 15 is 0 Å². The topological polar surface area (TPSA) is 67.2 Å². The number of carbonyl (C=O) groups excluding carboxylic acids is 1. The average molecular weight is 240 g/mol. The molecule has 0 saturated carbocycles. The van der Waals surface area contributed by atoms with E-state index in [-0.39, 0.29) is 5.91 Å². The van der Waals surface area contributed by atoms with Crippen molar-refractivity contribution in [2.75, 3.05) is 0 Å². The lowest BCUT2D eigenvalue weighted by atomic mass is 10.2. The first-order valence-electron chi connectivity index (χ1n) is 5.42. The third-order valence-electron chi connectivity index (χ3n) is 2.33. The minimum Gasteiger partial charge on any atom is -0.267 e. The molecule has 5 nitrogen and oxygen atoms in total. The summed E-state index contributed by atoms with van der Waals surface area (Å²) in [5, 5.41) is 4.02. The Balaban J connectivity index is 2.05. The van der Waals surface area contributed by atoms with Crippen LogP contribution >= 0.6 is 0 Å².